The van der Waals surface area contributed by atoms with E-state index < -0.39 is 0 Å². The zero-order valence-corrected chi connectivity index (χ0v) is 12.2. The highest BCUT2D eigenvalue weighted by Gasteiger charge is 2.49. The van der Waals surface area contributed by atoms with Gasteiger partial charge in [0.15, 0.2) is 0 Å². The maximum atomic E-state index is 4.94. The number of hydrogen-bond donors (Lipinski definition) is 1. The van der Waals surface area contributed by atoms with Crippen molar-refractivity contribution in [3.63, 3.8) is 0 Å². The summed E-state index contributed by atoms with van der Waals surface area (Å²) < 4.78 is 0. The molecule has 0 radical (unpaired) electrons. The van der Waals surface area contributed by atoms with Gasteiger partial charge in [0.1, 0.15) is 5.82 Å². The Bertz CT molecular complexity index is 538. The minimum absolute atomic E-state index is 0.748. The van der Waals surface area contributed by atoms with Gasteiger partial charge in [0, 0.05) is 24.6 Å². The molecule has 4 fully saturated rings. The van der Waals surface area contributed by atoms with Crippen LogP contribution >= 0.6 is 0 Å². The quantitative estimate of drug-likeness (QED) is 0.852. The van der Waals surface area contributed by atoms with Crippen molar-refractivity contribution in [3.05, 3.63) is 22.8 Å². The van der Waals surface area contributed by atoms with Crippen LogP contribution in [0.3, 0.4) is 0 Å². The molecule has 20 heavy (non-hydrogen) atoms. The second kappa shape index (κ2) is 4.03. The normalized spacial score (nSPS) is 41.1. The van der Waals surface area contributed by atoms with Crippen LogP contribution < -0.4 is 5.32 Å². The Morgan fingerprint density at radius 1 is 0.900 bits per heavy atom. The molecule has 4 bridgehead atoms. The molecule has 0 amide bonds. The van der Waals surface area contributed by atoms with Gasteiger partial charge in [0.05, 0.1) is 11.4 Å². The summed E-state index contributed by atoms with van der Waals surface area (Å²) in [6.07, 6.45) is 7.43. The Kier molecular flexibility index (Phi) is 2.35. The minimum Gasteiger partial charge on any atom is -0.307 e. The van der Waals surface area contributed by atoms with E-state index in [1.54, 1.807) is 0 Å². The van der Waals surface area contributed by atoms with Gasteiger partial charge < -0.3 is 5.32 Å². The first kappa shape index (κ1) is 11.7. The molecule has 0 aromatic carbocycles. The highest BCUT2D eigenvalue weighted by atomic mass is 15.0. The zero-order valence-electron chi connectivity index (χ0n) is 12.2. The Labute approximate surface area is 120 Å². The molecule has 1 N–H and O–H groups in total. The second-order valence-electron chi connectivity index (χ2n) is 7.64. The van der Waals surface area contributed by atoms with E-state index in [0.29, 0.717) is 0 Å². The van der Waals surface area contributed by atoms with Crippen molar-refractivity contribution in [3.8, 4) is 0 Å². The van der Waals surface area contributed by atoms with Crippen molar-refractivity contribution in [1.82, 2.24) is 15.3 Å². The summed E-state index contributed by atoms with van der Waals surface area (Å²) in [6, 6.07) is 0. The molecule has 106 valence electrons. The molecule has 1 aromatic rings. The largest absolute Gasteiger partial charge is 0.307 e. The zero-order chi connectivity index (χ0) is 13.3. The smallest absolute Gasteiger partial charge is 0.125 e. The Hall–Kier alpha value is -0.960. The highest BCUT2D eigenvalue weighted by Crippen LogP contribution is 2.60. The van der Waals surface area contributed by atoms with Crippen LogP contribution in [0.25, 0.3) is 0 Å². The van der Waals surface area contributed by atoms with Crippen LogP contribution in [-0.4, -0.2) is 9.97 Å². The summed E-state index contributed by atoms with van der Waals surface area (Å²) in [6.45, 7) is 4.00. The van der Waals surface area contributed by atoms with Crippen LogP contribution in [0.5, 0.6) is 0 Å². The third-order valence-electron chi connectivity index (χ3n) is 6.37. The first-order valence-electron chi connectivity index (χ1n) is 8.35. The van der Waals surface area contributed by atoms with E-state index in [1.165, 1.54) is 49.1 Å². The summed E-state index contributed by atoms with van der Waals surface area (Å²) in [7, 11) is 0. The van der Waals surface area contributed by atoms with E-state index in [4.69, 9.17) is 4.98 Å². The van der Waals surface area contributed by atoms with E-state index in [0.717, 1.165) is 48.5 Å². The lowest BCUT2D eigenvalue weighted by molar-refractivity contribution is -0.00453. The van der Waals surface area contributed by atoms with Crippen LogP contribution in [0.4, 0.5) is 0 Å². The van der Waals surface area contributed by atoms with E-state index in [-0.39, 0.29) is 0 Å². The average Bonchev–Trinajstić information content (AvgIpc) is 2.85. The fourth-order valence-electron chi connectivity index (χ4n) is 5.97. The number of hydrogen-bond acceptors (Lipinski definition) is 3. The molecular weight excluding hydrogens is 246 g/mol. The van der Waals surface area contributed by atoms with Gasteiger partial charge in [-0.25, -0.2) is 9.97 Å². The van der Waals surface area contributed by atoms with Crippen molar-refractivity contribution in [2.75, 3.05) is 0 Å². The van der Waals surface area contributed by atoms with Gasteiger partial charge in [-0.2, -0.15) is 0 Å². The van der Waals surface area contributed by atoms with Gasteiger partial charge in [0.25, 0.3) is 0 Å². The Morgan fingerprint density at radius 3 is 2.30 bits per heavy atom. The van der Waals surface area contributed by atoms with E-state index in [1.807, 2.05) is 0 Å². The summed E-state index contributed by atoms with van der Waals surface area (Å²) in [5.41, 5.74) is 4.17. The van der Waals surface area contributed by atoms with Crippen molar-refractivity contribution in [2.45, 2.75) is 58.0 Å². The number of fused-ring (bicyclic) bond motifs is 1. The fraction of sp³-hybridized carbons (Fsp3) is 0.765. The first-order valence-corrected chi connectivity index (χ1v) is 8.35. The van der Waals surface area contributed by atoms with Crippen LogP contribution in [-0.2, 0) is 13.1 Å². The predicted octanol–water partition coefficient (Wildman–Crippen LogP) is 2.93. The van der Waals surface area contributed by atoms with Crippen molar-refractivity contribution >= 4 is 0 Å². The Balaban J connectivity index is 1.60. The summed E-state index contributed by atoms with van der Waals surface area (Å²) >= 11 is 0. The molecule has 1 aromatic heterocycles. The summed E-state index contributed by atoms with van der Waals surface area (Å²) in [5.74, 6) is 5.66. The topological polar surface area (TPSA) is 37.8 Å². The molecule has 2 heterocycles. The highest BCUT2D eigenvalue weighted by molar-refractivity contribution is 5.33. The number of aryl methyl sites for hydroxylation is 1. The minimum atomic E-state index is 0.748. The molecular formula is C17H23N3. The monoisotopic (exact) mass is 269 g/mol. The van der Waals surface area contributed by atoms with Gasteiger partial charge in [-0.3, -0.25) is 0 Å². The van der Waals surface area contributed by atoms with Gasteiger partial charge >= 0.3 is 0 Å². The molecule has 4 aliphatic carbocycles. The van der Waals surface area contributed by atoms with Crippen LogP contribution in [0.15, 0.2) is 0 Å². The second-order valence-corrected chi connectivity index (χ2v) is 7.64. The molecule has 0 unspecified atom stereocenters. The van der Waals surface area contributed by atoms with Crippen LogP contribution in [0, 0.1) is 30.6 Å². The summed E-state index contributed by atoms with van der Waals surface area (Å²) in [5, 5.41) is 3.48. The van der Waals surface area contributed by atoms with Crippen LogP contribution in [0.2, 0.25) is 0 Å². The number of rotatable bonds is 1. The SMILES string of the molecule is Cc1nc2c(c(C3C4CC5CC(C4)CC3C5)n1)CNC2. The molecule has 0 atom stereocenters. The van der Waals surface area contributed by atoms with Gasteiger partial charge in [-0.15, -0.1) is 0 Å². The predicted molar refractivity (Wildman–Crippen MR) is 77.1 cm³/mol. The molecule has 0 spiro atoms. The molecule has 5 aliphatic rings. The molecule has 0 saturated heterocycles. The fourth-order valence-corrected chi connectivity index (χ4v) is 5.97. The summed E-state index contributed by atoms with van der Waals surface area (Å²) in [4.78, 5) is 9.59. The number of nitrogens with zero attached hydrogens (tertiary/aromatic N) is 2. The van der Waals surface area contributed by atoms with E-state index >= 15 is 0 Å². The standard InChI is InChI=1S/C17H23N3/c1-9-19-15-8-18-7-14(15)17(20-9)16-12-3-10-2-11(5-12)6-13(16)4-10/h10-13,16,18H,2-8H2,1H3. The third-order valence-corrected chi connectivity index (χ3v) is 6.37. The average molecular weight is 269 g/mol. The van der Waals surface area contributed by atoms with Gasteiger partial charge in [-0.1, -0.05) is 0 Å². The third kappa shape index (κ3) is 1.56. The maximum Gasteiger partial charge on any atom is 0.125 e. The maximum absolute atomic E-state index is 4.94. The molecule has 6 rings (SSSR count). The molecule has 1 aliphatic heterocycles. The van der Waals surface area contributed by atoms with Gasteiger partial charge in [0.2, 0.25) is 0 Å². The molecule has 3 nitrogen and oxygen atoms in total. The number of nitrogens with one attached hydrogen (secondary N) is 1. The Morgan fingerprint density at radius 2 is 1.60 bits per heavy atom. The van der Waals surface area contributed by atoms with Crippen molar-refractivity contribution in [1.29, 1.82) is 0 Å². The van der Waals surface area contributed by atoms with E-state index in [2.05, 4.69) is 17.2 Å². The lowest BCUT2D eigenvalue weighted by Crippen LogP contribution is -2.44. The van der Waals surface area contributed by atoms with Gasteiger partial charge in [-0.05, 0) is 62.7 Å². The van der Waals surface area contributed by atoms with Crippen molar-refractivity contribution in [2.24, 2.45) is 23.7 Å². The van der Waals surface area contributed by atoms with E-state index in [9.17, 15) is 0 Å². The lowest BCUT2D eigenvalue weighted by Gasteiger charge is -2.54. The molecule has 3 heteroatoms. The molecule has 4 saturated carbocycles. The number of aromatic nitrogens is 2. The first-order chi connectivity index (χ1) is 9.78. The lowest BCUT2D eigenvalue weighted by atomic mass is 9.51. The van der Waals surface area contributed by atoms with Crippen molar-refractivity contribution < 1.29 is 0 Å². The van der Waals surface area contributed by atoms with Crippen LogP contribution in [0.1, 0.15) is 60.8 Å².